The molecule has 120 valence electrons. The summed E-state index contributed by atoms with van der Waals surface area (Å²) in [7, 11) is 0. The van der Waals surface area contributed by atoms with Crippen molar-refractivity contribution in [3.8, 4) is 0 Å². The topological polar surface area (TPSA) is 58.4 Å². The summed E-state index contributed by atoms with van der Waals surface area (Å²) >= 11 is 0. The van der Waals surface area contributed by atoms with Gasteiger partial charge in [-0.1, -0.05) is 30.3 Å². The average molecular weight is 301 g/mol. The molecular weight excluding hydrogens is 274 g/mol. The van der Waals surface area contributed by atoms with E-state index in [1.165, 1.54) is 18.4 Å². The number of benzene rings is 1. The van der Waals surface area contributed by atoms with Crippen LogP contribution in [0.25, 0.3) is 0 Å². The van der Waals surface area contributed by atoms with E-state index in [-0.39, 0.29) is 6.03 Å². The Kier molecular flexibility index (Phi) is 4.98. The lowest BCUT2D eigenvalue weighted by molar-refractivity contribution is 0.150. The number of hydrogen-bond donors (Lipinski definition) is 2. The van der Waals surface area contributed by atoms with E-state index in [0.717, 1.165) is 38.9 Å². The highest BCUT2D eigenvalue weighted by atomic mass is 16.2. The smallest absolute Gasteiger partial charge is 0.317 e. The zero-order chi connectivity index (χ0) is 15.4. The Balaban J connectivity index is 1.33. The highest BCUT2D eigenvalue weighted by molar-refractivity contribution is 5.74. The third-order valence-corrected chi connectivity index (χ3v) is 5.21. The third-order valence-electron chi connectivity index (χ3n) is 5.21. The van der Waals surface area contributed by atoms with Crippen LogP contribution in [0.1, 0.15) is 31.2 Å². The second-order valence-electron chi connectivity index (χ2n) is 6.75. The lowest BCUT2D eigenvalue weighted by Crippen LogP contribution is -2.53. The van der Waals surface area contributed by atoms with Crippen molar-refractivity contribution in [2.24, 2.45) is 17.6 Å². The van der Waals surface area contributed by atoms with Crippen molar-refractivity contribution in [1.82, 2.24) is 10.2 Å². The van der Waals surface area contributed by atoms with E-state index in [0.29, 0.717) is 17.9 Å². The summed E-state index contributed by atoms with van der Waals surface area (Å²) in [6.45, 7) is 2.45. The number of nitrogens with two attached hydrogens (primary N) is 1. The number of amides is 2. The Morgan fingerprint density at radius 3 is 2.50 bits per heavy atom. The molecule has 4 nitrogen and oxygen atoms in total. The molecule has 1 heterocycles. The number of unbranched alkanes of at least 4 members (excludes halogenated alkanes) is 1. The minimum absolute atomic E-state index is 0.100. The van der Waals surface area contributed by atoms with Crippen molar-refractivity contribution in [1.29, 1.82) is 0 Å². The average Bonchev–Trinajstić information content (AvgIpc) is 2.77. The molecular formula is C18H27N3O. The summed E-state index contributed by atoms with van der Waals surface area (Å²) in [6.07, 6.45) is 5.60. The molecule has 2 bridgehead atoms. The van der Waals surface area contributed by atoms with E-state index >= 15 is 0 Å². The van der Waals surface area contributed by atoms with Crippen molar-refractivity contribution in [2.75, 3.05) is 19.6 Å². The van der Waals surface area contributed by atoms with Crippen LogP contribution >= 0.6 is 0 Å². The second kappa shape index (κ2) is 7.14. The normalized spacial score (nSPS) is 27.0. The van der Waals surface area contributed by atoms with Crippen LogP contribution in [0, 0.1) is 11.8 Å². The predicted molar refractivity (Wildman–Crippen MR) is 88.5 cm³/mol. The largest absolute Gasteiger partial charge is 0.338 e. The van der Waals surface area contributed by atoms with E-state index < -0.39 is 0 Å². The maximum Gasteiger partial charge on any atom is 0.317 e. The quantitative estimate of drug-likeness (QED) is 0.820. The number of nitrogens with zero attached hydrogens (tertiary/aromatic N) is 1. The van der Waals surface area contributed by atoms with Gasteiger partial charge >= 0.3 is 6.03 Å². The zero-order valence-corrected chi connectivity index (χ0v) is 13.2. The number of hydrogen-bond acceptors (Lipinski definition) is 2. The standard InChI is InChI=1S/C18H27N3O/c19-17-15-9-10-16(17)13-21(12-15)18(22)20-11-5-4-8-14-6-2-1-3-7-14/h1-3,6-7,15-17H,4-5,8-13,19H2,(H,20,22)/t15-,16+,17?. The summed E-state index contributed by atoms with van der Waals surface area (Å²) in [5, 5.41) is 3.07. The Hall–Kier alpha value is -1.55. The lowest BCUT2D eigenvalue weighted by Gasteiger charge is -2.36. The second-order valence-corrected chi connectivity index (χ2v) is 6.75. The summed E-state index contributed by atoms with van der Waals surface area (Å²) in [4.78, 5) is 14.2. The molecule has 3 rings (SSSR count). The van der Waals surface area contributed by atoms with Crippen LogP contribution in [0.15, 0.2) is 30.3 Å². The monoisotopic (exact) mass is 301 g/mol. The number of piperidine rings is 1. The van der Waals surface area contributed by atoms with E-state index in [4.69, 9.17) is 5.73 Å². The molecule has 22 heavy (non-hydrogen) atoms. The number of nitrogens with one attached hydrogen (secondary N) is 1. The van der Waals surface area contributed by atoms with Crippen LogP contribution in [0.5, 0.6) is 0 Å². The molecule has 1 unspecified atom stereocenters. The molecule has 1 aromatic carbocycles. The fraction of sp³-hybridized carbons (Fsp3) is 0.611. The molecule has 4 heteroatoms. The van der Waals surface area contributed by atoms with Crippen LogP contribution in [-0.4, -0.2) is 36.6 Å². The predicted octanol–water partition coefficient (Wildman–Crippen LogP) is 2.39. The van der Waals surface area contributed by atoms with Gasteiger partial charge in [0.1, 0.15) is 0 Å². The van der Waals surface area contributed by atoms with Crippen molar-refractivity contribution in [3.05, 3.63) is 35.9 Å². The number of carbonyl (C=O) groups is 1. The van der Waals surface area contributed by atoms with Crippen molar-refractivity contribution >= 4 is 6.03 Å². The first-order valence-corrected chi connectivity index (χ1v) is 8.56. The summed E-state index contributed by atoms with van der Waals surface area (Å²) in [5.41, 5.74) is 7.55. The molecule has 0 aromatic heterocycles. The fourth-order valence-corrected chi connectivity index (χ4v) is 3.84. The summed E-state index contributed by atoms with van der Waals surface area (Å²) < 4.78 is 0. The maximum atomic E-state index is 12.2. The Morgan fingerprint density at radius 2 is 1.82 bits per heavy atom. The Morgan fingerprint density at radius 1 is 1.14 bits per heavy atom. The molecule has 3 atom stereocenters. The van der Waals surface area contributed by atoms with E-state index in [2.05, 4.69) is 29.6 Å². The minimum Gasteiger partial charge on any atom is -0.338 e. The lowest BCUT2D eigenvalue weighted by atomic mass is 9.93. The van der Waals surface area contributed by atoms with Crippen LogP contribution < -0.4 is 11.1 Å². The molecule has 1 aliphatic heterocycles. The van der Waals surface area contributed by atoms with E-state index in [1.807, 2.05) is 11.0 Å². The number of rotatable bonds is 5. The molecule has 3 N–H and O–H groups in total. The van der Waals surface area contributed by atoms with Crippen molar-refractivity contribution < 1.29 is 4.79 Å². The van der Waals surface area contributed by atoms with E-state index in [1.54, 1.807) is 0 Å². The molecule has 2 amide bonds. The van der Waals surface area contributed by atoms with Gasteiger partial charge in [0.25, 0.3) is 0 Å². The van der Waals surface area contributed by atoms with Crippen molar-refractivity contribution in [2.45, 2.75) is 38.1 Å². The molecule has 2 aliphatic rings. The summed E-state index contributed by atoms with van der Waals surface area (Å²) in [5.74, 6) is 1.03. The van der Waals surface area contributed by atoms with Crippen molar-refractivity contribution in [3.63, 3.8) is 0 Å². The van der Waals surface area contributed by atoms with Gasteiger partial charge in [-0.2, -0.15) is 0 Å². The van der Waals surface area contributed by atoms with Gasteiger partial charge < -0.3 is 16.0 Å². The highest BCUT2D eigenvalue weighted by Gasteiger charge is 2.41. The number of fused-ring (bicyclic) bond motifs is 2. The first-order valence-electron chi connectivity index (χ1n) is 8.56. The molecule has 2 fully saturated rings. The van der Waals surface area contributed by atoms with Crippen LogP contribution in [-0.2, 0) is 6.42 Å². The SMILES string of the molecule is NC1[C@@H]2CC[C@H]1CN(C(=O)NCCCCc1ccccc1)C2. The Labute approximate surface area is 133 Å². The zero-order valence-electron chi connectivity index (χ0n) is 13.2. The molecule has 1 aliphatic carbocycles. The van der Waals surface area contributed by atoms with Crippen LogP contribution in [0.2, 0.25) is 0 Å². The van der Waals surface area contributed by atoms with Gasteiger partial charge in [-0.25, -0.2) is 4.79 Å². The number of carbonyl (C=O) groups excluding carboxylic acids is 1. The third kappa shape index (κ3) is 3.61. The van der Waals surface area contributed by atoms with E-state index in [9.17, 15) is 4.79 Å². The molecule has 1 saturated heterocycles. The van der Waals surface area contributed by atoms with Gasteiger partial charge in [0.15, 0.2) is 0 Å². The first kappa shape index (κ1) is 15.3. The van der Waals surface area contributed by atoms with Gasteiger partial charge in [-0.3, -0.25) is 0 Å². The van der Waals surface area contributed by atoms with Gasteiger partial charge in [-0.05, 0) is 49.5 Å². The van der Waals surface area contributed by atoms with Gasteiger partial charge in [0.2, 0.25) is 0 Å². The molecule has 0 radical (unpaired) electrons. The molecule has 1 aromatic rings. The summed E-state index contributed by atoms with van der Waals surface area (Å²) in [6, 6.07) is 10.9. The Bertz CT molecular complexity index is 476. The molecule has 1 saturated carbocycles. The van der Waals surface area contributed by atoms with Crippen LogP contribution in [0.3, 0.4) is 0 Å². The van der Waals surface area contributed by atoms with Crippen LogP contribution in [0.4, 0.5) is 4.79 Å². The van der Waals surface area contributed by atoms with Gasteiger partial charge in [0, 0.05) is 25.7 Å². The fourth-order valence-electron chi connectivity index (χ4n) is 3.84. The number of urea groups is 1. The maximum absolute atomic E-state index is 12.2. The first-order chi connectivity index (χ1) is 10.7. The number of likely N-dealkylation sites (tertiary alicyclic amines) is 1. The number of aryl methyl sites for hydroxylation is 1. The molecule has 0 spiro atoms. The van der Waals surface area contributed by atoms with Gasteiger partial charge in [-0.15, -0.1) is 0 Å². The minimum atomic E-state index is 0.100. The highest BCUT2D eigenvalue weighted by Crippen LogP contribution is 2.35. The van der Waals surface area contributed by atoms with Gasteiger partial charge in [0.05, 0.1) is 0 Å².